The zero-order valence-corrected chi connectivity index (χ0v) is 17.3. The lowest BCUT2D eigenvalue weighted by Gasteiger charge is -2.09. The Morgan fingerprint density at radius 2 is 1.71 bits per heavy atom. The first-order chi connectivity index (χ1) is 15.1. The zero-order valence-electron chi connectivity index (χ0n) is 17.3. The van der Waals surface area contributed by atoms with Crippen LogP contribution in [0.3, 0.4) is 0 Å². The molecule has 0 unspecified atom stereocenters. The van der Waals surface area contributed by atoms with E-state index >= 15 is 0 Å². The minimum absolute atomic E-state index is 0.231. The van der Waals surface area contributed by atoms with Crippen molar-refractivity contribution in [1.29, 1.82) is 0 Å². The maximum atomic E-state index is 12.8. The second-order valence-corrected chi connectivity index (χ2v) is 7.49. The summed E-state index contributed by atoms with van der Waals surface area (Å²) in [6, 6.07) is 19.7. The molecular weight excluding hydrogens is 386 g/mol. The van der Waals surface area contributed by atoms with Crippen molar-refractivity contribution in [2.75, 3.05) is 5.32 Å². The van der Waals surface area contributed by atoms with E-state index < -0.39 is 0 Å². The summed E-state index contributed by atoms with van der Waals surface area (Å²) in [5.74, 6) is 0.627. The Kier molecular flexibility index (Phi) is 4.59. The molecule has 31 heavy (non-hydrogen) atoms. The van der Waals surface area contributed by atoms with Crippen molar-refractivity contribution in [2.24, 2.45) is 0 Å². The lowest BCUT2D eigenvalue weighted by molar-refractivity contribution is 0.102. The largest absolute Gasteiger partial charge is 0.320 e. The molecule has 6 nitrogen and oxygen atoms in total. The van der Waals surface area contributed by atoms with Gasteiger partial charge in [-0.2, -0.15) is 5.10 Å². The van der Waals surface area contributed by atoms with Gasteiger partial charge < -0.3 is 9.72 Å². The monoisotopic (exact) mass is 407 g/mol. The molecule has 0 aliphatic carbocycles. The zero-order chi connectivity index (χ0) is 21.4. The van der Waals surface area contributed by atoms with Crippen molar-refractivity contribution in [2.45, 2.75) is 13.8 Å². The van der Waals surface area contributed by atoms with E-state index in [1.54, 1.807) is 29.3 Å². The number of benzene rings is 1. The number of hydrogen-bond acceptors (Lipinski definition) is 3. The predicted octanol–water partition coefficient (Wildman–Crippen LogP) is 5.06. The van der Waals surface area contributed by atoms with Crippen LogP contribution in [0.5, 0.6) is 0 Å². The summed E-state index contributed by atoms with van der Waals surface area (Å²) in [5.41, 5.74) is 6.56. The summed E-state index contributed by atoms with van der Waals surface area (Å²) in [4.78, 5) is 16.9. The number of nitrogens with zero attached hydrogens (tertiary/aromatic N) is 4. The average Bonchev–Trinajstić information content (AvgIpc) is 3.44. The fourth-order valence-electron chi connectivity index (χ4n) is 3.63. The number of pyridine rings is 2. The molecule has 6 heteroatoms. The first-order valence-electron chi connectivity index (χ1n) is 10.1. The van der Waals surface area contributed by atoms with E-state index in [9.17, 15) is 4.79 Å². The second-order valence-electron chi connectivity index (χ2n) is 7.49. The number of anilines is 1. The highest BCUT2D eigenvalue weighted by Crippen LogP contribution is 2.23. The van der Waals surface area contributed by atoms with Crippen molar-refractivity contribution in [3.63, 3.8) is 0 Å². The van der Waals surface area contributed by atoms with Crippen molar-refractivity contribution in [3.05, 3.63) is 102 Å². The predicted molar refractivity (Wildman–Crippen MR) is 122 cm³/mol. The van der Waals surface area contributed by atoms with Gasteiger partial charge in [-0.25, -0.2) is 4.68 Å². The van der Waals surface area contributed by atoms with Gasteiger partial charge in [-0.15, -0.1) is 0 Å². The van der Waals surface area contributed by atoms with Crippen LogP contribution in [-0.2, 0) is 0 Å². The number of carbonyl (C=O) groups is 1. The summed E-state index contributed by atoms with van der Waals surface area (Å²) in [6.45, 7) is 4.02. The lowest BCUT2D eigenvalue weighted by atomic mass is 10.1. The molecular formula is C25H21N5O. The van der Waals surface area contributed by atoms with E-state index in [-0.39, 0.29) is 5.91 Å². The van der Waals surface area contributed by atoms with Gasteiger partial charge in [-0.05, 0) is 78.6 Å². The van der Waals surface area contributed by atoms with Crippen molar-refractivity contribution in [3.8, 4) is 16.9 Å². The lowest BCUT2D eigenvalue weighted by Crippen LogP contribution is -2.14. The van der Waals surface area contributed by atoms with E-state index in [4.69, 9.17) is 0 Å². The highest BCUT2D eigenvalue weighted by molar-refractivity contribution is 6.03. The van der Waals surface area contributed by atoms with Crippen LogP contribution in [0.4, 0.5) is 5.69 Å². The summed E-state index contributed by atoms with van der Waals surface area (Å²) in [6.07, 6.45) is 7.44. The Bertz CT molecular complexity index is 1400. The van der Waals surface area contributed by atoms with Crippen LogP contribution in [-0.4, -0.2) is 25.1 Å². The van der Waals surface area contributed by atoms with Crippen molar-refractivity contribution in [1.82, 2.24) is 19.2 Å². The molecule has 0 spiro atoms. The second kappa shape index (κ2) is 7.57. The number of carbonyl (C=O) groups excluding carboxylic acids is 1. The third-order valence-electron chi connectivity index (χ3n) is 5.55. The number of rotatable bonds is 4. The van der Waals surface area contributed by atoms with E-state index in [1.165, 1.54) is 0 Å². The molecule has 4 aromatic heterocycles. The molecule has 1 N–H and O–H groups in total. The van der Waals surface area contributed by atoms with Crippen LogP contribution in [0.15, 0.2) is 85.5 Å². The van der Waals surface area contributed by atoms with Crippen LogP contribution in [0.1, 0.15) is 21.6 Å². The van der Waals surface area contributed by atoms with Gasteiger partial charge in [-0.1, -0.05) is 18.2 Å². The van der Waals surface area contributed by atoms with Crippen LogP contribution in [0.25, 0.3) is 22.5 Å². The van der Waals surface area contributed by atoms with E-state index in [0.29, 0.717) is 5.69 Å². The van der Waals surface area contributed by atoms with Gasteiger partial charge in [0.2, 0.25) is 0 Å². The quantitative estimate of drug-likeness (QED) is 0.453. The highest BCUT2D eigenvalue weighted by atomic mass is 16.2. The molecule has 152 valence electrons. The van der Waals surface area contributed by atoms with Crippen LogP contribution in [0, 0.1) is 13.8 Å². The van der Waals surface area contributed by atoms with Gasteiger partial charge in [0.15, 0.2) is 5.69 Å². The topological polar surface area (TPSA) is 64.2 Å². The molecule has 0 saturated carbocycles. The smallest absolute Gasteiger partial charge is 0.276 e. The summed E-state index contributed by atoms with van der Waals surface area (Å²) < 4.78 is 3.79. The fourth-order valence-corrected chi connectivity index (χ4v) is 3.63. The number of fused-ring (bicyclic) bond motifs is 1. The number of aryl methyl sites for hydroxylation is 1. The third kappa shape index (κ3) is 3.48. The molecule has 0 aliphatic rings. The summed E-state index contributed by atoms with van der Waals surface area (Å²) >= 11 is 0. The Morgan fingerprint density at radius 1 is 0.903 bits per heavy atom. The summed E-state index contributed by atoms with van der Waals surface area (Å²) in [5, 5.41) is 7.49. The minimum Gasteiger partial charge on any atom is -0.320 e. The summed E-state index contributed by atoms with van der Waals surface area (Å²) in [7, 11) is 0. The standard InChI is InChI=1S/C25H21N5O/c1-17-4-3-5-22(18(17)2)27-25(31)23-12-15-30(28-23)24-9-8-21-7-6-20(16-29(21)24)19-10-13-26-14-11-19/h3-16H,1-2H3,(H,27,31). The van der Waals surface area contributed by atoms with Gasteiger partial charge in [0.25, 0.3) is 5.91 Å². The minimum atomic E-state index is -0.231. The molecule has 1 amide bonds. The van der Waals surface area contributed by atoms with E-state index in [0.717, 1.165) is 39.3 Å². The van der Waals surface area contributed by atoms with Crippen LogP contribution >= 0.6 is 0 Å². The van der Waals surface area contributed by atoms with Gasteiger partial charge >= 0.3 is 0 Å². The molecule has 0 radical (unpaired) electrons. The molecule has 0 fully saturated rings. The fraction of sp³-hybridized carbons (Fsp3) is 0.0800. The maximum Gasteiger partial charge on any atom is 0.276 e. The van der Waals surface area contributed by atoms with Crippen LogP contribution in [0.2, 0.25) is 0 Å². The van der Waals surface area contributed by atoms with Crippen molar-refractivity contribution >= 4 is 17.1 Å². The third-order valence-corrected chi connectivity index (χ3v) is 5.55. The number of amides is 1. The Hall–Kier alpha value is -4.19. The van der Waals surface area contributed by atoms with E-state index in [1.807, 2.05) is 56.3 Å². The maximum absolute atomic E-state index is 12.8. The average molecular weight is 407 g/mol. The first kappa shape index (κ1) is 18.8. The Balaban J connectivity index is 1.46. The molecule has 0 atom stereocenters. The van der Waals surface area contributed by atoms with Crippen LogP contribution < -0.4 is 5.32 Å². The molecule has 5 rings (SSSR count). The molecule has 4 heterocycles. The molecule has 1 aromatic carbocycles. The van der Waals surface area contributed by atoms with Gasteiger partial charge in [0.1, 0.15) is 5.82 Å². The first-order valence-corrected chi connectivity index (χ1v) is 10.1. The molecule has 0 bridgehead atoms. The van der Waals surface area contributed by atoms with Crippen molar-refractivity contribution < 1.29 is 4.79 Å². The Morgan fingerprint density at radius 3 is 2.55 bits per heavy atom. The molecule has 0 aliphatic heterocycles. The van der Waals surface area contributed by atoms with E-state index in [2.05, 4.69) is 38.1 Å². The number of nitrogens with one attached hydrogen (secondary N) is 1. The Labute approximate surface area is 179 Å². The SMILES string of the molecule is Cc1cccc(NC(=O)c2ccn(-c3ccc4ccc(-c5ccncc5)cn34)n2)c1C. The number of aromatic nitrogens is 4. The highest BCUT2D eigenvalue weighted by Gasteiger charge is 2.14. The van der Waals surface area contributed by atoms with Gasteiger partial charge in [0.05, 0.1) is 0 Å². The van der Waals surface area contributed by atoms with Gasteiger partial charge in [0, 0.05) is 36.0 Å². The molecule has 5 aromatic rings. The normalized spacial score (nSPS) is 11.0. The number of hydrogen-bond donors (Lipinski definition) is 1. The van der Waals surface area contributed by atoms with Gasteiger partial charge in [-0.3, -0.25) is 9.78 Å². The molecule has 0 saturated heterocycles.